The van der Waals surface area contributed by atoms with E-state index in [1.807, 2.05) is 13.0 Å². The van der Waals surface area contributed by atoms with Crippen molar-refractivity contribution in [2.75, 3.05) is 11.9 Å². The summed E-state index contributed by atoms with van der Waals surface area (Å²) in [6.07, 6.45) is 1.30. The van der Waals surface area contributed by atoms with E-state index in [1.54, 1.807) is 0 Å². The minimum atomic E-state index is 0.720. The van der Waals surface area contributed by atoms with Gasteiger partial charge in [0, 0.05) is 5.33 Å². The fraction of sp³-hybridized carbons (Fsp3) is 0.500. The van der Waals surface area contributed by atoms with Crippen LogP contribution in [0.2, 0.25) is 0 Å². The molecule has 0 radical (unpaired) electrons. The maximum absolute atomic E-state index is 5.62. The van der Waals surface area contributed by atoms with Crippen molar-refractivity contribution < 1.29 is 4.74 Å². The molecule has 0 bridgehead atoms. The third-order valence-corrected chi connectivity index (χ3v) is 3.57. The summed E-state index contributed by atoms with van der Waals surface area (Å²) in [5.74, 6) is 2.61. The molecule has 0 heterocycles. The molecule has 1 nitrogen and oxygen atoms in total. The Hall–Kier alpha value is -0.500. The molecule has 2 rings (SSSR count). The number of halogens is 1. The van der Waals surface area contributed by atoms with Crippen molar-refractivity contribution in [2.45, 2.75) is 19.3 Å². The Morgan fingerprint density at radius 3 is 2.86 bits per heavy atom. The van der Waals surface area contributed by atoms with E-state index in [0.29, 0.717) is 0 Å². The summed E-state index contributed by atoms with van der Waals surface area (Å²) in [4.78, 5) is 0. The van der Waals surface area contributed by atoms with Crippen LogP contribution in [0.25, 0.3) is 0 Å². The molecule has 2 heteroatoms. The van der Waals surface area contributed by atoms with Gasteiger partial charge in [0.25, 0.3) is 0 Å². The Kier molecular flexibility index (Phi) is 3.12. The number of ether oxygens (including phenoxy) is 1. The van der Waals surface area contributed by atoms with Crippen molar-refractivity contribution in [3.8, 4) is 5.75 Å². The van der Waals surface area contributed by atoms with Crippen molar-refractivity contribution in [1.82, 2.24) is 0 Å². The quantitative estimate of drug-likeness (QED) is 0.747. The summed E-state index contributed by atoms with van der Waals surface area (Å²) >= 11 is 3.54. The molecule has 0 aliphatic heterocycles. The highest BCUT2D eigenvalue weighted by molar-refractivity contribution is 9.09. The van der Waals surface area contributed by atoms with Crippen LogP contribution in [-0.4, -0.2) is 11.9 Å². The minimum Gasteiger partial charge on any atom is -0.494 e. The van der Waals surface area contributed by atoms with E-state index in [4.69, 9.17) is 4.74 Å². The normalized spacial score (nSPS) is 24.7. The Balaban J connectivity index is 2.16. The molecule has 14 heavy (non-hydrogen) atoms. The Morgan fingerprint density at radius 2 is 2.21 bits per heavy atom. The zero-order chi connectivity index (χ0) is 9.97. The van der Waals surface area contributed by atoms with Crippen molar-refractivity contribution >= 4 is 15.9 Å². The highest BCUT2D eigenvalue weighted by Crippen LogP contribution is 2.50. The predicted molar refractivity (Wildman–Crippen MR) is 62.3 cm³/mol. The van der Waals surface area contributed by atoms with Crippen LogP contribution in [0.1, 0.15) is 24.8 Å². The van der Waals surface area contributed by atoms with E-state index in [-0.39, 0.29) is 0 Å². The molecule has 1 aromatic rings. The van der Waals surface area contributed by atoms with Crippen molar-refractivity contribution in [3.05, 3.63) is 29.8 Å². The fourth-order valence-electron chi connectivity index (χ4n) is 1.87. The van der Waals surface area contributed by atoms with Gasteiger partial charge in [-0.2, -0.15) is 0 Å². The van der Waals surface area contributed by atoms with Crippen LogP contribution in [0.5, 0.6) is 5.75 Å². The van der Waals surface area contributed by atoms with Gasteiger partial charge in [-0.1, -0.05) is 34.1 Å². The van der Waals surface area contributed by atoms with Crippen LogP contribution < -0.4 is 4.74 Å². The minimum absolute atomic E-state index is 0.720. The largest absolute Gasteiger partial charge is 0.494 e. The topological polar surface area (TPSA) is 9.23 Å². The Bertz CT molecular complexity index is 311. The standard InChI is InChI=1S/C12H15BrO/c1-2-14-12-6-4-3-5-10(12)11-7-9(11)8-13/h3-6,9,11H,2,7-8H2,1H3. The van der Waals surface area contributed by atoms with Gasteiger partial charge in [0.2, 0.25) is 0 Å². The van der Waals surface area contributed by atoms with Crippen LogP contribution >= 0.6 is 15.9 Å². The maximum Gasteiger partial charge on any atom is 0.122 e. The second-order valence-electron chi connectivity index (χ2n) is 3.73. The Morgan fingerprint density at radius 1 is 1.43 bits per heavy atom. The first-order valence-electron chi connectivity index (χ1n) is 5.14. The molecule has 1 aromatic carbocycles. The molecule has 0 amide bonds. The average molecular weight is 255 g/mol. The smallest absolute Gasteiger partial charge is 0.122 e. The summed E-state index contributed by atoms with van der Waals surface area (Å²) in [6, 6.07) is 8.41. The first kappa shape index (κ1) is 10.0. The molecule has 2 unspecified atom stereocenters. The van der Waals surface area contributed by atoms with Crippen LogP contribution in [0, 0.1) is 5.92 Å². The monoisotopic (exact) mass is 254 g/mol. The highest BCUT2D eigenvalue weighted by atomic mass is 79.9. The van der Waals surface area contributed by atoms with Crippen molar-refractivity contribution in [2.24, 2.45) is 5.92 Å². The number of alkyl halides is 1. The fourth-order valence-corrected chi connectivity index (χ4v) is 2.59. The highest BCUT2D eigenvalue weighted by Gasteiger charge is 2.38. The number of rotatable bonds is 4. The lowest BCUT2D eigenvalue weighted by atomic mass is 10.1. The molecule has 2 atom stereocenters. The van der Waals surface area contributed by atoms with Gasteiger partial charge in [0.1, 0.15) is 5.75 Å². The summed E-state index contributed by atoms with van der Waals surface area (Å²) < 4.78 is 5.62. The average Bonchev–Trinajstić information content (AvgIpc) is 2.98. The van der Waals surface area contributed by atoms with Crippen LogP contribution in [0.4, 0.5) is 0 Å². The second kappa shape index (κ2) is 4.35. The van der Waals surface area contributed by atoms with E-state index in [0.717, 1.165) is 29.5 Å². The number of hydrogen-bond acceptors (Lipinski definition) is 1. The molecular weight excluding hydrogens is 240 g/mol. The summed E-state index contributed by atoms with van der Waals surface area (Å²) in [5, 5.41) is 1.11. The molecule has 1 aliphatic carbocycles. The lowest BCUT2D eigenvalue weighted by molar-refractivity contribution is 0.336. The molecule has 76 valence electrons. The van der Waals surface area contributed by atoms with Gasteiger partial charge in [-0.05, 0) is 36.8 Å². The molecule has 1 fully saturated rings. The summed E-state index contributed by atoms with van der Waals surface area (Å²) in [7, 11) is 0. The van der Waals surface area contributed by atoms with Gasteiger partial charge >= 0.3 is 0 Å². The number of para-hydroxylation sites is 1. The van der Waals surface area contributed by atoms with Gasteiger partial charge in [-0.25, -0.2) is 0 Å². The van der Waals surface area contributed by atoms with Crippen molar-refractivity contribution in [3.63, 3.8) is 0 Å². The molecule has 1 aliphatic rings. The molecule has 1 saturated carbocycles. The number of benzene rings is 1. The zero-order valence-corrected chi connectivity index (χ0v) is 9.96. The van der Waals surface area contributed by atoms with Gasteiger partial charge in [0.15, 0.2) is 0 Å². The van der Waals surface area contributed by atoms with Crippen LogP contribution in [-0.2, 0) is 0 Å². The second-order valence-corrected chi connectivity index (χ2v) is 4.37. The van der Waals surface area contributed by atoms with Gasteiger partial charge in [-0.15, -0.1) is 0 Å². The summed E-state index contributed by atoms with van der Waals surface area (Å²) in [5.41, 5.74) is 1.39. The van der Waals surface area contributed by atoms with Gasteiger partial charge in [0.05, 0.1) is 6.61 Å². The SMILES string of the molecule is CCOc1ccccc1C1CC1CBr. The van der Waals surface area contributed by atoms with Crippen LogP contribution in [0.3, 0.4) is 0 Å². The van der Waals surface area contributed by atoms with E-state index in [9.17, 15) is 0 Å². The first-order valence-corrected chi connectivity index (χ1v) is 6.26. The van der Waals surface area contributed by atoms with Gasteiger partial charge in [-0.3, -0.25) is 0 Å². The molecule has 0 saturated heterocycles. The molecule has 0 aromatic heterocycles. The summed E-state index contributed by atoms with van der Waals surface area (Å²) in [6.45, 7) is 2.79. The van der Waals surface area contributed by atoms with Crippen LogP contribution in [0.15, 0.2) is 24.3 Å². The van der Waals surface area contributed by atoms with E-state index in [2.05, 4.69) is 34.1 Å². The molecule has 0 spiro atoms. The number of hydrogen-bond donors (Lipinski definition) is 0. The van der Waals surface area contributed by atoms with E-state index >= 15 is 0 Å². The first-order chi connectivity index (χ1) is 6.86. The molecule has 0 N–H and O–H groups in total. The maximum atomic E-state index is 5.62. The Labute approximate surface area is 93.6 Å². The zero-order valence-electron chi connectivity index (χ0n) is 8.37. The third-order valence-electron chi connectivity index (χ3n) is 2.74. The lowest BCUT2D eigenvalue weighted by Crippen LogP contribution is -1.96. The van der Waals surface area contributed by atoms with Crippen molar-refractivity contribution in [1.29, 1.82) is 0 Å². The lowest BCUT2D eigenvalue weighted by Gasteiger charge is -2.08. The van der Waals surface area contributed by atoms with Gasteiger partial charge < -0.3 is 4.74 Å². The van der Waals surface area contributed by atoms with E-state index < -0.39 is 0 Å². The third kappa shape index (κ3) is 1.95. The predicted octanol–water partition coefficient (Wildman–Crippen LogP) is 3.58. The molecular formula is C12H15BrO. The van der Waals surface area contributed by atoms with E-state index in [1.165, 1.54) is 12.0 Å².